The molecule has 4 N–H and O–H groups in total. The molecule has 0 aliphatic heterocycles. The number of aryl methyl sites for hydroxylation is 2. The van der Waals surface area contributed by atoms with E-state index in [-0.39, 0.29) is 11.9 Å². The van der Waals surface area contributed by atoms with Crippen LogP contribution in [0.2, 0.25) is 0 Å². The highest BCUT2D eigenvalue weighted by Crippen LogP contribution is 2.30. The summed E-state index contributed by atoms with van der Waals surface area (Å²) in [6, 6.07) is 5.91. The molecule has 0 spiro atoms. The first kappa shape index (κ1) is 14.8. The summed E-state index contributed by atoms with van der Waals surface area (Å²) in [5.41, 5.74) is 11.6. The van der Waals surface area contributed by atoms with E-state index in [1.807, 2.05) is 13.0 Å². The van der Waals surface area contributed by atoms with Gasteiger partial charge in [-0.1, -0.05) is 6.07 Å². The van der Waals surface area contributed by atoms with Crippen molar-refractivity contribution in [3.05, 3.63) is 52.8 Å². The van der Waals surface area contributed by atoms with E-state index in [1.54, 1.807) is 18.5 Å². The number of hydrogen-bond donors (Lipinski definition) is 3. The summed E-state index contributed by atoms with van der Waals surface area (Å²) in [5.74, 6) is -0.122. The van der Waals surface area contributed by atoms with Gasteiger partial charge in [0.25, 0.3) is 5.91 Å². The lowest BCUT2D eigenvalue weighted by Crippen LogP contribution is -2.20. The predicted octanol–water partition coefficient (Wildman–Crippen LogP) is 2.85. The zero-order valence-corrected chi connectivity index (χ0v) is 13.5. The summed E-state index contributed by atoms with van der Waals surface area (Å²) in [6.45, 7) is 1.95. The van der Waals surface area contributed by atoms with Crippen LogP contribution in [-0.4, -0.2) is 21.1 Å². The predicted molar refractivity (Wildman–Crippen MR) is 92.9 cm³/mol. The van der Waals surface area contributed by atoms with Crippen molar-refractivity contribution in [1.82, 2.24) is 15.2 Å². The van der Waals surface area contributed by atoms with Crippen LogP contribution >= 0.6 is 0 Å². The van der Waals surface area contributed by atoms with Gasteiger partial charge in [-0.05, 0) is 55.0 Å². The van der Waals surface area contributed by atoms with Crippen LogP contribution in [0.15, 0.2) is 30.6 Å². The number of nitrogens with two attached hydrogens (primary N) is 1. The number of anilines is 1. The molecule has 3 aromatic rings. The molecule has 0 bridgehead atoms. The molecule has 24 heavy (non-hydrogen) atoms. The van der Waals surface area contributed by atoms with Crippen LogP contribution in [-0.2, 0) is 6.42 Å². The second-order valence-electron chi connectivity index (χ2n) is 6.31. The number of H-pyrrole nitrogens is 1. The van der Waals surface area contributed by atoms with Crippen molar-refractivity contribution < 1.29 is 4.79 Å². The monoisotopic (exact) mass is 321 g/mol. The van der Waals surface area contributed by atoms with E-state index in [2.05, 4.69) is 26.6 Å². The Morgan fingerprint density at radius 3 is 3.17 bits per heavy atom. The third-order valence-electron chi connectivity index (χ3n) is 4.69. The van der Waals surface area contributed by atoms with Crippen LogP contribution < -0.4 is 11.1 Å². The lowest BCUT2D eigenvalue weighted by Gasteiger charge is -2.24. The number of rotatable bonds is 2. The number of aromatic amines is 1. The van der Waals surface area contributed by atoms with E-state index in [9.17, 15) is 4.79 Å². The van der Waals surface area contributed by atoms with E-state index in [0.29, 0.717) is 16.9 Å². The van der Waals surface area contributed by atoms with Gasteiger partial charge in [-0.2, -0.15) is 5.10 Å². The maximum absolute atomic E-state index is 12.8. The Kier molecular flexibility index (Phi) is 3.54. The van der Waals surface area contributed by atoms with Crippen LogP contribution in [0.4, 0.5) is 5.69 Å². The number of hydrogen-bond acceptors (Lipinski definition) is 4. The maximum Gasteiger partial charge on any atom is 0.255 e. The number of fused-ring (bicyclic) bond motifs is 2. The fourth-order valence-corrected chi connectivity index (χ4v) is 3.40. The highest BCUT2D eigenvalue weighted by molar-refractivity contribution is 6.09. The highest BCUT2D eigenvalue weighted by Gasteiger charge is 2.20. The second-order valence-corrected chi connectivity index (χ2v) is 6.31. The van der Waals surface area contributed by atoms with Crippen molar-refractivity contribution in [3.8, 4) is 0 Å². The zero-order chi connectivity index (χ0) is 16.7. The molecule has 1 aliphatic carbocycles. The number of nitrogens with zero attached hydrogens (tertiary/aromatic N) is 2. The summed E-state index contributed by atoms with van der Waals surface area (Å²) in [7, 11) is 0. The normalized spacial score (nSPS) is 16.8. The SMILES string of the molecule is Cc1cc2c(cc1C(=O)Nc1ccnc3[nH]ncc13)CCC[C@@H]2N. The third kappa shape index (κ3) is 2.45. The van der Waals surface area contributed by atoms with E-state index in [4.69, 9.17) is 5.73 Å². The quantitative estimate of drug-likeness (QED) is 0.676. The highest BCUT2D eigenvalue weighted by atomic mass is 16.1. The summed E-state index contributed by atoms with van der Waals surface area (Å²) in [4.78, 5) is 17.0. The van der Waals surface area contributed by atoms with Gasteiger partial charge < -0.3 is 11.1 Å². The van der Waals surface area contributed by atoms with Gasteiger partial charge in [-0.3, -0.25) is 9.89 Å². The number of carbonyl (C=O) groups excluding carboxylic acids is 1. The molecular weight excluding hydrogens is 302 g/mol. The minimum atomic E-state index is -0.122. The lowest BCUT2D eigenvalue weighted by atomic mass is 9.85. The second kappa shape index (κ2) is 5.72. The molecule has 4 rings (SSSR count). The number of carbonyl (C=O) groups is 1. The van der Waals surface area contributed by atoms with Crippen LogP contribution in [0.25, 0.3) is 11.0 Å². The van der Waals surface area contributed by atoms with Gasteiger partial charge in [0.2, 0.25) is 0 Å². The topological polar surface area (TPSA) is 96.7 Å². The van der Waals surface area contributed by atoms with Gasteiger partial charge in [-0.25, -0.2) is 4.98 Å². The largest absolute Gasteiger partial charge is 0.324 e. The van der Waals surface area contributed by atoms with E-state index < -0.39 is 0 Å². The van der Waals surface area contributed by atoms with Crippen molar-refractivity contribution in [2.75, 3.05) is 5.32 Å². The van der Waals surface area contributed by atoms with Gasteiger partial charge in [-0.15, -0.1) is 0 Å². The average molecular weight is 321 g/mol. The molecule has 6 nitrogen and oxygen atoms in total. The third-order valence-corrected chi connectivity index (χ3v) is 4.69. The summed E-state index contributed by atoms with van der Waals surface area (Å²) >= 11 is 0. The van der Waals surface area contributed by atoms with Crippen LogP contribution in [0.5, 0.6) is 0 Å². The van der Waals surface area contributed by atoms with E-state index >= 15 is 0 Å². The Balaban J connectivity index is 1.69. The molecule has 122 valence electrons. The molecule has 0 fully saturated rings. The Morgan fingerprint density at radius 1 is 1.42 bits per heavy atom. The molecule has 2 aromatic heterocycles. The van der Waals surface area contributed by atoms with Crippen molar-refractivity contribution in [2.45, 2.75) is 32.2 Å². The van der Waals surface area contributed by atoms with Crippen LogP contribution in [0, 0.1) is 6.92 Å². The smallest absolute Gasteiger partial charge is 0.255 e. The minimum absolute atomic E-state index is 0.0790. The molecule has 2 heterocycles. The van der Waals surface area contributed by atoms with Crippen molar-refractivity contribution in [3.63, 3.8) is 0 Å². The summed E-state index contributed by atoms with van der Waals surface area (Å²) in [5, 5.41) is 10.5. The first-order chi connectivity index (χ1) is 11.6. The van der Waals surface area contributed by atoms with Crippen LogP contribution in [0.1, 0.15) is 45.9 Å². The molecule has 0 unspecified atom stereocenters. The van der Waals surface area contributed by atoms with Gasteiger partial charge in [0.05, 0.1) is 17.3 Å². The number of benzene rings is 1. The summed E-state index contributed by atoms with van der Waals surface area (Å²) < 4.78 is 0. The molecule has 0 radical (unpaired) electrons. The van der Waals surface area contributed by atoms with Crippen molar-refractivity contribution >= 4 is 22.6 Å². The maximum atomic E-state index is 12.8. The molecule has 0 saturated carbocycles. The standard InChI is InChI=1S/C18H19N5O/c1-10-7-13-11(3-2-4-15(13)19)8-12(10)18(24)22-16-5-6-20-17-14(16)9-21-23-17/h5-9,15H,2-4,19H2,1H3,(H2,20,21,22,23,24)/t15-/m0/s1. The van der Waals surface area contributed by atoms with Crippen molar-refractivity contribution in [1.29, 1.82) is 0 Å². The first-order valence-electron chi connectivity index (χ1n) is 8.12. The molecular formula is C18H19N5O. The molecule has 1 aliphatic rings. The van der Waals surface area contributed by atoms with Gasteiger partial charge in [0.1, 0.15) is 0 Å². The van der Waals surface area contributed by atoms with Crippen LogP contribution in [0.3, 0.4) is 0 Å². The average Bonchev–Trinajstić information content (AvgIpc) is 3.05. The summed E-state index contributed by atoms with van der Waals surface area (Å²) in [6.07, 6.45) is 6.36. The fraction of sp³-hybridized carbons (Fsp3) is 0.278. The molecule has 1 aromatic carbocycles. The van der Waals surface area contributed by atoms with E-state index in [1.165, 1.54) is 11.1 Å². The fourth-order valence-electron chi connectivity index (χ4n) is 3.40. The zero-order valence-electron chi connectivity index (χ0n) is 13.5. The van der Waals surface area contributed by atoms with Gasteiger partial charge >= 0.3 is 0 Å². The molecule has 1 atom stereocenters. The number of pyridine rings is 1. The first-order valence-corrected chi connectivity index (χ1v) is 8.12. The Labute approximate surface area is 139 Å². The number of amides is 1. The van der Waals surface area contributed by atoms with E-state index in [0.717, 1.165) is 30.2 Å². The number of nitrogens with one attached hydrogen (secondary N) is 2. The lowest BCUT2D eigenvalue weighted by molar-refractivity contribution is 0.102. The molecule has 0 saturated heterocycles. The minimum Gasteiger partial charge on any atom is -0.324 e. The van der Waals surface area contributed by atoms with Gasteiger partial charge in [0, 0.05) is 17.8 Å². The van der Waals surface area contributed by atoms with Crippen molar-refractivity contribution in [2.24, 2.45) is 5.73 Å². The molecule has 6 heteroatoms. The Morgan fingerprint density at radius 2 is 2.29 bits per heavy atom. The van der Waals surface area contributed by atoms with Gasteiger partial charge in [0.15, 0.2) is 5.65 Å². The Bertz CT molecular complexity index is 930. The molecule has 1 amide bonds. The number of aromatic nitrogens is 3. The Hall–Kier alpha value is -2.73.